The lowest BCUT2D eigenvalue weighted by atomic mass is 9.79. The third kappa shape index (κ3) is 2.36. The maximum absolute atomic E-state index is 12.7. The fraction of sp³-hybridized carbons (Fsp3) is 0.444. The van der Waals surface area contributed by atoms with E-state index in [1.54, 1.807) is 24.6 Å². The van der Waals surface area contributed by atoms with Crippen LogP contribution in [0.25, 0.3) is 17.0 Å². The molecule has 2 aromatic heterocycles. The van der Waals surface area contributed by atoms with Gasteiger partial charge in [0.1, 0.15) is 5.69 Å². The molecular weight excluding hydrogens is 290 g/mol. The maximum Gasteiger partial charge on any atom is 0.270 e. The number of aromatic nitrogens is 1. The van der Waals surface area contributed by atoms with Gasteiger partial charge in [0, 0.05) is 23.0 Å². The third-order valence-electron chi connectivity index (χ3n) is 5.42. The fourth-order valence-corrected chi connectivity index (χ4v) is 4.01. The summed E-state index contributed by atoms with van der Waals surface area (Å²) < 4.78 is 5.41. The van der Waals surface area contributed by atoms with Crippen LogP contribution >= 0.6 is 0 Å². The molecule has 2 unspecified atom stereocenters. The highest BCUT2D eigenvalue weighted by molar-refractivity contribution is 5.97. The van der Waals surface area contributed by atoms with E-state index < -0.39 is 0 Å². The average Bonchev–Trinajstić information content (AvgIpc) is 3.00. The molecule has 1 amide bonds. The van der Waals surface area contributed by atoms with E-state index in [4.69, 9.17) is 4.42 Å². The van der Waals surface area contributed by atoms with Crippen LogP contribution in [0.1, 0.15) is 35.8 Å². The Morgan fingerprint density at radius 2 is 2.26 bits per heavy atom. The van der Waals surface area contributed by atoms with Crippen molar-refractivity contribution in [3.63, 3.8) is 0 Å². The topological polar surface area (TPSA) is 58.4 Å². The molecule has 2 aromatic rings. The number of hydrogen-bond acceptors (Lipinski definition) is 4. The van der Waals surface area contributed by atoms with Crippen molar-refractivity contribution in [2.24, 2.45) is 5.92 Å². The standard InChI is InChI=1S/C18H21N3O2/c1-3-12-10-23-16-9-19-15(8-14(12)16)18(22)20-17-11(2)21-6-4-13(17)5-7-21/h3,8-11,13,17H,1,4-7H2,2H3,(H,20,22). The molecule has 3 aliphatic heterocycles. The van der Waals surface area contributed by atoms with Gasteiger partial charge in [0.05, 0.1) is 12.5 Å². The smallest absolute Gasteiger partial charge is 0.270 e. The number of fused-ring (bicyclic) bond motifs is 4. The first-order valence-electron chi connectivity index (χ1n) is 8.22. The number of furan rings is 1. The average molecular weight is 311 g/mol. The second-order valence-electron chi connectivity index (χ2n) is 6.57. The van der Waals surface area contributed by atoms with Crippen molar-refractivity contribution in [2.45, 2.75) is 31.8 Å². The summed E-state index contributed by atoms with van der Waals surface area (Å²) in [6, 6.07) is 2.40. The van der Waals surface area contributed by atoms with Gasteiger partial charge in [-0.1, -0.05) is 12.7 Å². The minimum atomic E-state index is -0.103. The number of nitrogens with zero attached hydrogens (tertiary/aromatic N) is 2. The molecule has 3 aliphatic rings. The van der Waals surface area contributed by atoms with Crippen LogP contribution in [0.5, 0.6) is 0 Å². The van der Waals surface area contributed by atoms with Crippen molar-refractivity contribution in [3.8, 4) is 0 Å². The molecule has 0 spiro atoms. The Morgan fingerprint density at radius 1 is 1.48 bits per heavy atom. The molecule has 0 aliphatic carbocycles. The van der Waals surface area contributed by atoms with Crippen LogP contribution in [-0.2, 0) is 0 Å². The molecule has 5 heterocycles. The van der Waals surface area contributed by atoms with E-state index in [0.717, 1.165) is 24.0 Å². The molecule has 2 atom stereocenters. The summed E-state index contributed by atoms with van der Waals surface area (Å²) in [6.07, 6.45) is 7.31. The molecule has 5 rings (SSSR count). The molecule has 0 radical (unpaired) electrons. The molecule has 5 heteroatoms. The molecule has 2 bridgehead atoms. The normalized spacial score (nSPS) is 29.6. The van der Waals surface area contributed by atoms with Crippen molar-refractivity contribution >= 4 is 23.0 Å². The minimum absolute atomic E-state index is 0.103. The first-order valence-corrected chi connectivity index (χ1v) is 8.22. The van der Waals surface area contributed by atoms with E-state index >= 15 is 0 Å². The summed E-state index contributed by atoms with van der Waals surface area (Å²) >= 11 is 0. The van der Waals surface area contributed by atoms with Gasteiger partial charge in [-0.25, -0.2) is 4.98 Å². The Labute approximate surface area is 135 Å². The van der Waals surface area contributed by atoms with Crippen LogP contribution in [0.2, 0.25) is 0 Å². The van der Waals surface area contributed by atoms with E-state index in [1.807, 2.05) is 0 Å². The number of rotatable bonds is 3. The molecule has 0 saturated carbocycles. The number of pyridine rings is 1. The molecule has 23 heavy (non-hydrogen) atoms. The minimum Gasteiger partial charge on any atom is -0.462 e. The van der Waals surface area contributed by atoms with Gasteiger partial charge in [-0.3, -0.25) is 9.69 Å². The molecular formula is C18H21N3O2. The number of hydrogen-bond donors (Lipinski definition) is 1. The zero-order chi connectivity index (χ0) is 16.0. The molecule has 0 aromatic carbocycles. The Bertz CT molecular complexity index is 757. The highest BCUT2D eigenvalue weighted by Gasteiger charge is 2.40. The van der Waals surface area contributed by atoms with E-state index in [1.165, 1.54) is 12.8 Å². The monoisotopic (exact) mass is 311 g/mol. The first-order chi connectivity index (χ1) is 11.2. The summed E-state index contributed by atoms with van der Waals surface area (Å²) in [5, 5.41) is 4.09. The van der Waals surface area contributed by atoms with Gasteiger partial charge in [-0.15, -0.1) is 0 Å². The van der Waals surface area contributed by atoms with Crippen molar-refractivity contribution < 1.29 is 9.21 Å². The predicted molar refractivity (Wildman–Crippen MR) is 89.1 cm³/mol. The van der Waals surface area contributed by atoms with E-state index in [9.17, 15) is 4.79 Å². The Kier molecular flexibility index (Phi) is 3.45. The molecule has 5 nitrogen and oxygen atoms in total. The van der Waals surface area contributed by atoms with Crippen LogP contribution in [0.15, 0.2) is 29.5 Å². The van der Waals surface area contributed by atoms with Crippen LogP contribution < -0.4 is 5.32 Å². The van der Waals surface area contributed by atoms with E-state index in [-0.39, 0.29) is 11.9 Å². The van der Waals surface area contributed by atoms with Gasteiger partial charge in [0.2, 0.25) is 0 Å². The Hall–Kier alpha value is -2.14. The van der Waals surface area contributed by atoms with Crippen molar-refractivity contribution in [1.29, 1.82) is 0 Å². The SMILES string of the molecule is C=Cc1coc2cnc(C(=O)NC3C4CCN(CC4)C3C)cc12. The summed E-state index contributed by atoms with van der Waals surface area (Å²) in [7, 11) is 0. The Balaban J connectivity index is 1.58. The molecule has 3 fully saturated rings. The highest BCUT2D eigenvalue weighted by Crippen LogP contribution is 2.32. The Morgan fingerprint density at radius 3 is 2.96 bits per heavy atom. The van der Waals surface area contributed by atoms with Crippen LogP contribution in [0.4, 0.5) is 0 Å². The molecule has 1 N–H and O–H groups in total. The maximum atomic E-state index is 12.7. The lowest BCUT2D eigenvalue weighted by Gasteiger charge is -2.49. The van der Waals surface area contributed by atoms with E-state index in [0.29, 0.717) is 23.2 Å². The number of nitrogens with one attached hydrogen (secondary N) is 1. The van der Waals surface area contributed by atoms with Crippen molar-refractivity contribution in [1.82, 2.24) is 15.2 Å². The number of carbonyl (C=O) groups is 1. The first kappa shape index (κ1) is 14.5. The lowest BCUT2D eigenvalue weighted by molar-refractivity contribution is 0.0216. The third-order valence-corrected chi connectivity index (χ3v) is 5.42. The van der Waals surface area contributed by atoms with Crippen LogP contribution in [0.3, 0.4) is 0 Å². The summed E-state index contributed by atoms with van der Waals surface area (Å²) in [4.78, 5) is 19.4. The van der Waals surface area contributed by atoms with Gasteiger partial charge in [-0.05, 0) is 44.8 Å². The predicted octanol–water partition coefficient (Wildman–Crippen LogP) is 2.68. The van der Waals surface area contributed by atoms with Crippen LogP contribution in [-0.4, -0.2) is 41.0 Å². The van der Waals surface area contributed by atoms with Crippen LogP contribution in [0, 0.1) is 5.92 Å². The fourth-order valence-electron chi connectivity index (χ4n) is 4.01. The summed E-state index contributed by atoms with van der Waals surface area (Å²) in [5.41, 5.74) is 1.99. The van der Waals surface area contributed by atoms with E-state index in [2.05, 4.69) is 28.7 Å². The zero-order valence-corrected chi connectivity index (χ0v) is 13.3. The van der Waals surface area contributed by atoms with Crippen molar-refractivity contribution in [2.75, 3.05) is 13.1 Å². The lowest BCUT2D eigenvalue weighted by Crippen LogP contribution is -2.62. The van der Waals surface area contributed by atoms with Gasteiger partial charge in [0.25, 0.3) is 5.91 Å². The molecule has 120 valence electrons. The summed E-state index contributed by atoms with van der Waals surface area (Å²) in [5.74, 6) is 0.481. The molecule has 3 saturated heterocycles. The van der Waals surface area contributed by atoms with Gasteiger partial charge < -0.3 is 9.73 Å². The van der Waals surface area contributed by atoms with Crippen molar-refractivity contribution in [3.05, 3.63) is 36.4 Å². The van der Waals surface area contributed by atoms with Gasteiger partial charge >= 0.3 is 0 Å². The number of carbonyl (C=O) groups excluding carboxylic acids is 1. The second-order valence-corrected chi connectivity index (χ2v) is 6.57. The number of piperidine rings is 3. The quantitative estimate of drug-likeness (QED) is 0.947. The zero-order valence-electron chi connectivity index (χ0n) is 13.3. The number of amides is 1. The highest BCUT2D eigenvalue weighted by atomic mass is 16.3. The summed E-state index contributed by atoms with van der Waals surface area (Å²) in [6.45, 7) is 8.28. The van der Waals surface area contributed by atoms with Gasteiger partial charge in [-0.2, -0.15) is 0 Å². The second kappa shape index (κ2) is 5.49. The van der Waals surface area contributed by atoms with Gasteiger partial charge in [0.15, 0.2) is 5.58 Å². The largest absolute Gasteiger partial charge is 0.462 e.